The molecule has 2 aliphatic carbocycles. The van der Waals surface area contributed by atoms with E-state index < -0.39 is 0 Å². The van der Waals surface area contributed by atoms with Crippen LogP contribution in [0.15, 0.2) is 18.2 Å². The van der Waals surface area contributed by atoms with Crippen LogP contribution in [-0.4, -0.2) is 5.54 Å². The van der Waals surface area contributed by atoms with Gasteiger partial charge in [0.05, 0.1) is 10.0 Å². The van der Waals surface area contributed by atoms with Crippen molar-refractivity contribution in [3.8, 4) is 0 Å². The Morgan fingerprint density at radius 1 is 1.29 bits per heavy atom. The van der Waals surface area contributed by atoms with Crippen LogP contribution < -0.4 is 5.73 Å². The second-order valence-electron chi connectivity index (χ2n) is 5.70. The van der Waals surface area contributed by atoms with Gasteiger partial charge in [-0.15, -0.1) is 0 Å². The highest BCUT2D eigenvalue weighted by molar-refractivity contribution is 6.42. The van der Waals surface area contributed by atoms with Crippen LogP contribution in [-0.2, 0) is 6.42 Å². The van der Waals surface area contributed by atoms with Gasteiger partial charge in [0.25, 0.3) is 0 Å². The van der Waals surface area contributed by atoms with Gasteiger partial charge in [-0.25, -0.2) is 0 Å². The molecule has 0 saturated heterocycles. The fourth-order valence-corrected chi connectivity index (χ4v) is 4.13. The quantitative estimate of drug-likeness (QED) is 0.861. The Balaban J connectivity index is 1.85. The minimum atomic E-state index is -0.0444. The zero-order valence-electron chi connectivity index (χ0n) is 9.76. The summed E-state index contributed by atoms with van der Waals surface area (Å²) in [6, 6.07) is 5.84. The molecule has 1 aromatic rings. The minimum Gasteiger partial charge on any atom is -0.325 e. The van der Waals surface area contributed by atoms with Crippen molar-refractivity contribution in [3.63, 3.8) is 0 Å². The third-order valence-electron chi connectivity index (χ3n) is 4.57. The van der Waals surface area contributed by atoms with E-state index in [2.05, 4.69) is 6.07 Å². The number of nitrogens with two attached hydrogens (primary N) is 1. The lowest BCUT2D eigenvalue weighted by Gasteiger charge is -2.34. The molecule has 2 bridgehead atoms. The Labute approximate surface area is 112 Å². The minimum absolute atomic E-state index is 0.0444. The molecule has 0 spiro atoms. The molecule has 92 valence electrons. The summed E-state index contributed by atoms with van der Waals surface area (Å²) < 4.78 is 0. The van der Waals surface area contributed by atoms with Crippen molar-refractivity contribution in [2.75, 3.05) is 0 Å². The molecule has 3 rings (SSSR count). The normalized spacial score (nSPS) is 35.5. The maximum absolute atomic E-state index is 6.59. The van der Waals surface area contributed by atoms with Crippen LogP contribution in [0.5, 0.6) is 0 Å². The first kappa shape index (κ1) is 11.8. The van der Waals surface area contributed by atoms with E-state index in [1.54, 1.807) is 0 Å². The molecule has 2 aliphatic rings. The van der Waals surface area contributed by atoms with Crippen LogP contribution in [0, 0.1) is 11.8 Å². The van der Waals surface area contributed by atoms with Gasteiger partial charge >= 0.3 is 0 Å². The fourth-order valence-electron chi connectivity index (χ4n) is 3.74. The Hall–Kier alpha value is -0.240. The Bertz CT molecular complexity index is 446. The largest absolute Gasteiger partial charge is 0.325 e. The van der Waals surface area contributed by atoms with Crippen molar-refractivity contribution in [1.29, 1.82) is 0 Å². The summed E-state index contributed by atoms with van der Waals surface area (Å²) in [5.41, 5.74) is 7.65. The van der Waals surface area contributed by atoms with Gasteiger partial charge in [-0.1, -0.05) is 41.8 Å². The SMILES string of the molecule is NC1(Cc2cccc(Cl)c2Cl)CC2CCC1C2. The molecular weight excluding hydrogens is 253 g/mol. The van der Waals surface area contributed by atoms with Gasteiger partial charge in [-0.2, -0.15) is 0 Å². The van der Waals surface area contributed by atoms with Gasteiger partial charge in [0.15, 0.2) is 0 Å². The van der Waals surface area contributed by atoms with Crippen molar-refractivity contribution in [3.05, 3.63) is 33.8 Å². The summed E-state index contributed by atoms with van der Waals surface area (Å²) in [6.45, 7) is 0. The van der Waals surface area contributed by atoms with Gasteiger partial charge in [-0.05, 0) is 49.1 Å². The van der Waals surface area contributed by atoms with E-state index in [1.165, 1.54) is 19.3 Å². The molecule has 17 heavy (non-hydrogen) atoms. The van der Waals surface area contributed by atoms with Crippen LogP contribution in [0.3, 0.4) is 0 Å². The predicted molar refractivity (Wildman–Crippen MR) is 72.5 cm³/mol. The summed E-state index contributed by atoms with van der Waals surface area (Å²) in [4.78, 5) is 0. The smallest absolute Gasteiger partial charge is 0.0624 e. The highest BCUT2D eigenvalue weighted by atomic mass is 35.5. The highest BCUT2D eigenvalue weighted by Gasteiger charge is 2.48. The molecule has 3 unspecified atom stereocenters. The van der Waals surface area contributed by atoms with Crippen molar-refractivity contribution in [2.24, 2.45) is 17.6 Å². The van der Waals surface area contributed by atoms with Crippen LogP contribution >= 0.6 is 23.2 Å². The first-order valence-corrected chi connectivity index (χ1v) is 7.06. The van der Waals surface area contributed by atoms with Crippen LogP contribution in [0.25, 0.3) is 0 Å². The lowest BCUT2D eigenvalue weighted by atomic mass is 9.77. The molecule has 0 radical (unpaired) electrons. The summed E-state index contributed by atoms with van der Waals surface area (Å²) >= 11 is 12.3. The number of fused-ring (bicyclic) bond motifs is 2. The average Bonchev–Trinajstić information content (AvgIpc) is 2.84. The van der Waals surface area contributed by atoms with E-state index in [9.17, 15) is 0 Å². The molecular formula is C14H17Cl2N. The Kier molecular flexibility index (Phi) is 2.89. The molecule has 3 heteroatoms. The van der Waals surface area contributed by atoms with E-state index in [0.29, 0.717) is 16.0 Å². The summed E-state index contributed by atoms with van der Waals surface area (Å²) in [6.07, 6.45) is 6.00. The second-order valence-corrected chi connectivity index (χ2v) is 6.49. The van der Waals surface area contributed by atoms with E-state index in [1.807, 2.05) is 12.1 Å². The van der Waals surface area contributed by atoms with Crippen LogP contribution in [0.2, 0.25) is 10.0 Å². The Morgan fingerprint density at radius 3 is 2.76 bits per heavy atom. The Morgan fingerprint density at radius 2 is 2.12 bits per heavy atom. The summed E-state index contributed by atoms with van der Waals surface area (Å²) in [5, 5.41) is 1.32. The molecule has 0 aliphatic heterocycles. The van der Waals surface area contributed by atoms with Crippen molar-refractivity contribution in [2.45, 2.75) is 37.6 Å². The van der Waals surface area contributed by atoms with Crippen LogP contribution in [0.1, 0.15) is 31.2 Å². The molecule has 2 N–H and O–H groups in total. The molecule has 3 atom stereocenters. The molecule has 0 aromatic heterocycles. The fraction of sp³-hybridized carbons (Fsp3) is 0.571. The molecule has 1 nitrogen and oxygen atoms in total. The zero-order valence-corrected chi connectivity index (χ0v) is 11.3. The van der Waals surface area contributed by atoms with E-state index in [4.69, 9.17) is 28.9 Å². The zero-order chi connectivity index (χ0) is 12.0. The molecule has 0 heterocycles. The molecule has 2 saturated carbocycles. The van der Waals surface area contributed by atoms with Crippen molar-refractivity contribution < 1.29 is 0 Å². The molecule has 1 aromatic carbocycles. The standard InChI is InChI=1S/C14H17Cl2N/c15-12-3-1-2-10(13(12)16)8-14(17)7-9-4-5-11(14)6-9/h1-3,9,11H,4-8,17H2. The highest BCUT2D eigenvalue weighted by Crippen LogP contribution is 2.51. The third kappa shape index (κ3) is 1.99. The van der Waals surface area contributed by atoms with E-state index >= 15 is 0 Å². The average molecular weight is 270 g/mol. The van der Waals surface area contributed by atoms with Gasteiger partial charge in [0, 0.05) is 5.54 Å². The number of benzene rings is 1. The summed E-state index contributed by atoms with van der Waals surface area (Å²) in [5.74, 6) is 1.53. The second kappa shape index (κ2) is 4.15. The number of halogens is 2. The van der Waals surface area contributed by atoms with Gasteiger partial charge in [0.2, 0.25) is 0 Å². The maximum atomic E-state index is 6.59. The van der Waals surface area contributed by atoms with E-state index in [-0.39, 0.29) is 5.54 Å². The van der Waals surface area contributed by atoms with Crippen LogP contribution in [0.4, 0.5) is 0 Å². The number of hydrogen-bond donors (Lipinski definition) is 1. The van der Waals surface area contributed by atoms with Gasteiger partial charge in [0.1, 0.15) is 0 Å². The topological polar surface area (TPSA) is 26.0 Å². The van der Waals surface area contributed by atoms with Gasteiger partial charge in [-0.3, -0.25) is 0 Å². The van der Waals surface area contributed by atoms with Crippen molar-refractivity contribution >= 4 is 23.2 Å². The third-order valence-corrected chi connectivity index (χ3v) is 5.43. The summed E-state index contributed by atoms with van der Waals surface area (Å²) in [7, 11) is 0. The van der Waals surface area contributed by atoms with Crippen molar-refractivity contribution in [1.82, 2.24) is 0 Å². The predicted octanol–water partition coefficient (Wildman–Crippen LogP) is 4.05. The van der Waals surface area contributed by atoms with E-state index in [0.717, 1.165) is 24.3 Å². The lowest BCUT2D eigenvalue weighted by Crippen LogP contribution is -2.47. The van der Waals surface area contributed by atoms with Gasteiger partial charge < -0.3 is 5.73 Å². The number of rotatable bonds is 2. The molecule has 2 fully saturated rings. The molecule has 0 amide bonds. The monoisotopic (exact) mass is 269 g/mol. The lowest BCUT2D eigenvalue weighted by molar-refractivity contribution is 0.269. The number of hydrogen-bond acceptors (Lipinski definition) is 1. The first-order chi connectivity index (χ1) is 8.08. The first-order valence-electron chi connectivity index (χ1n) is 6.30. The maximum Gasteiger partial charge on any atom is 0.0624 e.